The molecule has 2 rings (SSSR count). The van der Waals surface area contributed by atoms with Crippen molar-refractivity contribution < 1.29 is 19.1 Å². The summed E-state index contributed by atoms with van der Waals surface area (Å²) in [5, 5.41) is 2.43. The highest BCUT2D eigenvalue weighted by molar-refractivity contribution is 9.10. The summed E-state index contributed by atoms with van der Waals surface area (Å²) in [4.78, 5) is 24.2. The first kappa shape index (κ1) is 21.6. The van der Waals surface area contributed by atoms with E-state index in [0.29, 0.717) is 23.7 Å². The van der Waals surface area contributed by atoms with E-state index in [9.17, 15) is 9.59 Å². The predicted octanol–water partition coefficient (Wildman–Crippen LogP) is 2.87. The fourth-order valence-electron chi connectivity index (χ4n) is 2.16. The Balaban J connectivity index is 1.79. The third-order valence-electron chi connectivity index (χ3n) is 3.47. The number of rotatable bonds is 6. The Morgan fingerprint density at radius 2 is 1.86 bits per heavy atom. The average Bonchev–Trinajstić information content (AvgIpc) is 2.68. The van der Waals surface area contributed by atoms with Crippen LogP contribution in [0.2, 0.25) is 0 Å². The van der Waals surface area contributed by atoms with Crippen molar-refractivity contribution in [2.45, 2.75) is 13.8 Å². The maximum absolute atomic E-state index is 12.3. The van der Waals surface area contributed by atoms with Gasteiger partial charge in [-0.1, -0.05) is 28.1 Å². The first-order chi connectivity index (χ1) is 13.4. The highest BCUT2D eigenvalue weighted by Gasteiger charge is 2.13. The quantitative estimate of drug-likeness (QED) is 0.448. The number of aryl methyl sites for hydroxylation is 1. The fraction of sp³-hybridized carbons (Fsp3) is 0.211. The molecule has 7 nitrogen and oxygen atoms in total. The Bertz CT molecular complexity index is 876. The minimum Gasteiger partial charge on any atom is -0.493 e. The molecule has 28 heavy (non-hydrogen) atoms. The van der Waals surface area contributed by atoms with Crippen molar-refractivity contribution in [3.8, 4) is 11.5 Å². The van der Waals surface area contributed by atoms with Gasteiger partial charge in [0.15, 0.2) is 11.7 Å². The number of hydrogen-bond donors (Lipinski definition) is 3. The molecule has 0 fully saturated rings. The standard InChI is InChI=1S/C19H20BrN3O4S/c1-3-26-16-7-5-4-6-14(16)18(25)21-19(28)23-22-17(24)11-27-13-8-9-15(20)12(2)10-13/h4-10H,3,11H2,1-2H3,(H,22,24)(H2,21,23,25,28). The van der Waals surface area contributed by atoms with Crippen LogP contribution >= 0.6 is 28.1 Å². The van der Waals surface area contributed by atoms with Gasteiger partial charge >= 0.3 is 0 Å². The van der Waals surface area contributed by atoms with Crippen molar-refractivity contribution in [3.05, 3.63) is 58.1 Å². The number of halogens is 1. The molecule has 0 aliphatic rings. The SMILES string of the molecule is CCOc1ccccc1C(=O)NC(=S)NNC(=O)COc1ccc(Br)c(C)c1. The van der Waals surface area contributed by atoms with Crippen LogP contribution in [-0.2, 0) is 4.79 Å². The van der Waals surface area contributed by atoms with E-state index in [1.807, 2.05) is 26.0 Å². The molecule has 0 unspecified atom stereocenters. The number of benzene rings is 2. The Hall–Kier alpha value is -2.65. The first-order valence-electron chi connectivity index (χ1n) is 8.41. The molecule has 0 aromatic heterocycles. The molecule has 0 saturated heterocycles. The molecule has 2 amide bonds. The van der Waals surface area contributed by atoms with E-state index in [1.165, 1.54) is 0 Å². The van der Waals surface area contributed by atoms with Crippen molar-refractivity contribution in [2.75, 3.05) is 13.2 Å². The molecule has 3 N–H and O–H groups in total. The maximum Gasteiger partial charge on any atom is 0.276 e. The van der Waals surface area contributed by atoms with Crippen LogP contribution in [0.15, 0.2) is 46.9 Å². The molecule has 0 spiro atoms. The number of ether oxygens (including phenoxy) is 2. The number of carbonyl (C=O) groups is 2. The van der Waals surface area contributed by atoms with Gasteiger partial charge in [-0.3, -0.25) is 25.8 Å². The van der Waals surface area contributed by atoms with E-state index in [0.717, 1.165) is 10.0 Å². The zero-order chi connectivity index (χ0) is 20.5. The van der Waals surface area contributed by atoms with Crippen LogP contribution in [0.4, 0.5) is 0 Å². The number of hydrazine groups is 1. The second kappa shape index (κ2) is 10.6. The van der Waals surface area contributed by atoms with Crippen molar-refractivity contribution >= 4 is 45.1 Å². The van der Waals surface area contributed by atoms with Crippen LogP contribution in [-0.4, -0.2) is 30.1 Å². The third kappa shape index (κ3) is 6.50. The van der Waals surface area contributed by atoms with Crippen LogP contribution in [0.3, 0.4) is 0 Å². The van der Waals surface area contributed by atoms with Crippen LogP contribution in [0.25, 0.3) is 0 Å². The number of nitrogens with one attached hydrogen (secondary N) is 3. The van der Waals surface area contributed by atoms with Crippen LogP contribution in [0.5, 0.6) is 11.5 Å². The summed E-state index contributed by atoms with van der Waals surface area (Å²) in [6.45, 7) is 3.97. The van der Waals surface area contributed by atoms with Gasteiger partial charge in [-0.05, 0) is 62.0 Å². The minimum atomic E-state index is -0.452. The van der Waals surface area contributed by atoms with Crippen LogP contribution < -0.4 is 25.6 Å². The lowest BCUT2D eigenvalue weighted by Gasteiger charge is -2.13. The zero-order valence-corrected chi connectivity index (χ0v) is 17.8. The van der Waals surface area contributed by atoms with E-state index < -0.39 is 11.8 Å². The van der Waals surface area contributed by atoms with Gasteiger partial charge in [-0.15, -0.1) is 0 Å². The molecule has 9 heteroatoms. The lowest BCUT2D eigenvalue weighted by molar-refractivity contribution is -0.123. The summed E-state index contributed by atoms with van der Waals surface area (Å²) in [6, 6.07) is 12.2. The zero-order valence-electron chi connectivity index (χ0n) is 15.4. The van der Waals surface area contributed by atoms with Gasteiger partial charge in [0.1, 0.15) is 11.5 Å². The minimum absolute atomic E-state index is 0.0517. The van der Waals surface area contributed by atoms with Gasteiger partial charge in [-0.25, -0.2) is 0 Å². The molecule has 148 valence electrons. The average molecular weight is 466 g/mol. The summed E-state index contributed by atoms with van der Waals surface area (Å²) in [5.41, 5.74) is 6.16. The summed E-state index contributed by atoms with van der Waals surface area (Å²) < 4.78 is 11.8. The van der Waals surface area contributed by atoms with Gasteiger partial charge in [0.25, 0.3) is 11.8 Å². The molecule has 0 saturated carbocycles. The first-order valence-corrected chi connectivity index (χ1v) is 9.61. The summed E-state index contributed by atoms with van der Waals surface area (Å²) in [6.07, 6.45) is 0. The number of amides is 2. The highest BCUT2D eigenvalue weighted by Crippen LogP contribution is 2.21. The Labute approximate surface area is 176 Å². The second-order valence-corrected chi connectivity index (χ2v) is 6.85. The van der Waals surface area contributed by atoms with Gasteiger partial charge in [-0.2, -0.15) is 0 Å². The van der Waals surface area contributed by atoms with E-state index in [1.54, 1.807) is 30.3 Å². The van der Waals surface area contributed by atoms with Gasteiger partial charge in [0.2, 0.25) is 0 Å². The lowest BCUT2D eigenvalue weighted by atomic mass is 10.2. The monoisotopic (exact) mass is 465 g/mol. The molecule has 0 atom stereocenters. The number of hydrogen-bond acceptors (Lipinski definition) is 5. The van der Waals surface area contributed by atoms with E-state index >= 15 is 0 Å². The third-order valence-corrected chi connectivity index (χ3v) is 4.57. The Morgan fingerprint density at radius 3 is 2.57 bits per heavy atom. The molecular weight excluding hydrogens is 446 g/mol. The van der Waals surface area contributed by atoms with Crippen LogP contribution in [0, 0.1) is 6.92 Å². The van der Waals surface area contributed by atoms with E-state index in [2.05, 4.69) is 32.1 Å². The maximum atomic E-state index is 12.3. The highest BCUT2D eigenvalue weighted by atomic mass is 79.9. The van der Waals surface area contributed by atoms with E-state index in [4.69, 9.17) is 21.7 Å². The Kier molecular flexibility index (Phi) is 8.21. The largest absolute Gasteiger partial charge is 0.493 e. The van der Waals surface area contributed by atoms with E-state index in [-0.39, 0.29) is 11.7 Å². The molecule has 0 aliphatic carbocycles. The normalized spacial score (nSPS) is 9.96. The smallest absolute Gasteiger partial charge is 0.276 e. The van der Waals surface area contributed by atoms with Crippen molar-refractivity contribution in [3.63, 3.8) is 0 Å². The number of carbonyl (C=O) groups excluding carboxylic acids is 2. The van der Waals surface area contributed by atoms with Crippen molar-refractivity contribution in [2.24, 2.45) is 0 Å². The van der Waals surface area contributed by atoms with Gasteiger partial charge in [0.05, 0.1) is 12.2 Å². The molecular formula is C19H20BrN3O4S. The molecule has 0 radical (unpaired) electrons. The van der Waals surface area contributed by atoms with Crippen LogP contribution in [0.1, 0.15) is 22.8 Å². The Morgan fingerprint density at radius 1 is 1.11 bits per heavy atom. The molecule has 2 aromatic carbocycles. The number of thiocarbonyl (C=S) groups is 1. The number of para-hydroxylation sites is 1. The lowest BCUT2D eigenvalue weighted by Crippen LogP contribution is -2.49. The molecule has 0 aliphatic heterocycles. The van der Waals surface area contributed by atoms with Gasteiger partial charge < -0.3 is 9.47 Å². The second-order valence-electron chi connectivity index (χ2n) is 5.59. The van der Waals surface area contributed by atoms with Crippen molar-refractivity contribution in [1.82, 2.24) is 16.2 Å². The van der Waals surface area contributed by atoms with Crippen molar-refractivity contribution in [1.29, 1.82) is 0 Å². The summed E-state index contributed by atoms with van der Waals surface area (Å²) in [5.74, 6) is 0.121. The van der Waals surface area contributed by atoms with Gasteiger partial charge in [0, 0.05) is 4.47 Å². The molecule has 2 aromatic rings. The summed E-state index contributed by atoms with van der Waals surface area (Å²) >= 11 is 8.42. The molecule has 0 bridgehead atoms. The molecule has 0 heterocycles. The predicted molar refractivity (Wildman–Crippen MR) is 113 cm³/mol. The topological polar surface area (TPSA) is 88.7 Å². The summed E-state index contributed by atoms with van der Waals surface area (Å²) in [7, 11) is 0. The fourth-order valence-corrected chi connectivity index (χ4v) is 2.55.